The minimum Gasteiger partial charge on any atom is -0.481 e. The van der Waals surface area contributed by atoms with Crippen molar-refractivity contribution < 1.29 is 24.6 Å². The Morgan fingerprint density at radius 3 is 2.23 bits per heavy atom. The van der Waals surface area contributed by atoms with E-state index in [-0.39, 0.29) is 13.0 Å². The predicted octanol–water partition coefficient (Wildman–Crippen LogP) is -0.782. The van der Waals surface area contributed by atoms with E-state index in [0.717, 1.165) is 6.08 Å². The standard InChI is InChI=1S/C7H9NO5/c9-5(1-2-6(10)11)8-4-3-7(12)13/h1-2H,3-4H2,(H,8,9)(H,10,11)(H,12,13). The van der Waals surface area contributed by atoms with E-state index < -0.39 is 17.8 Å². The van der Waals surface area contributed by atoms with E-state index in [9.17, 15) is 14.4 Å². The minimum atomic E-state index is -1.23. The average Bonchev–Trinajstić information content (AvgIpc) is 2.00. The molecule has 0 bridgehead atoms. The summed E-state index contributed by atoms with van der Waals surface area (Å²) >= 11 is 0. The third kappa shape index (κ3) is 8.05. The van der Waals surface area contributed by atoms with Gasteiger partial charge in [-0.15, -0.1) is 0 Å². The van der Waals surface area contributed by atoms with Gasteiger partial charge in [-0.2, -0.15) is 0 Å². The van der Waals surface area contributed by atoms with Gasteiger partial charge >= 0.3 is 11.9 Å². The van der Waals surface area contributed by atoms with Crippen LogP contribution in [0.25, 0.3) is 0 Å². The SMILES string of the molecule is O=C(O)C=CC(=O)NCCC(=O)O. The van der Waals surface area contributed by atoms with Crippen LogP contribution in [0.4, 0.5) is 0 Å². The Morgan fingerprint density at radius 1 is 1.15 bits per heavy atom. The molecule has 0 radical (unpaired) electrons. The van der Waals surface area contributed by atoms with Gasteiger partial charge in [0.15, 0.2) is 0 Å². The van der Waals surface area contributed by atoms with Crippen LogP contribution in [0.3, 0.4) is 0 Å². The molecule has 0 aromatic rings. The number of rotatable bonds is 5. The summed E-state index contributed by atoms with van der Waals surface area (Å²) in [7, 11) is 0. The molecule has 0 unspecified atom stereocenters. The molecule has 0 rings (SSSR count). The van der Waals surface area contributed by atoms with Crippen LogP contribution in [0, 0.1) is 0 Å². The van der Waals surface area contributed by atoms with Gasteiger partial charge in [0, 0.05) is 18.7 Å². The highest BCUT2D eigenvalue weighted by atomic mass is 16.4. The average molecular weight is 187 g/mol. The number of carboxylic acids is 2. The van der Waals surface area contributed by atoms with Gasteiger partial charge < -0.3 is 15.5 Å². The number of hydrogen-bond acceptors (Lipinski definition) is 3. The van der Waals surface area contributed by atoms with Crippen LogP contribution >= 0.6 is 0 Å². The van der Waals surface area contributed by atoms with E-state index in [4.69, 9.17) is 10.2 Å². The van der Waals surface area contributed by atoms with Crippen molar-refractivity contribution in [3.05, 3.63) is 12.2 Å². The zero-order chi connectivity index (χ0) is 10.3. The lowest BCUT2D eigenvalue weighted by molar-refractivity contribution is -0.137. The molecule has 3 N–H and O–H groups in total. The number of carbonyl (C=O) groups excluding carboxylic acids is 1. The van der Waals surface area contributed by atoms with Gasteiger partial charge in [0.05, 0.1) is 6.42 Å². The van der Waals surface area contributed by atoms with E-state index in [1.54, 1.807) is 0 Å². The fraction of sp³-hybridized carbons (Fsp3) is 0.286. The van der Waals surface area contributed by atoms with Crippen molar-refractivity contribution in [2.45, 2.75) is 6.42 Å². The molecule has 0 fully saturated rings. The second kappa shape index (κ2) is 5.76. The molecule has 6 heteroatoms. The van der Waals surface area contributed by atoms with Crippen LogP contribution in [0.2, 0.25) is 0 Å². The van der Waals surface area contributed by atoms with E-state index in [0.29, 0.717) is 6.08 Å². The van der Waals surface area contributed by atoms with Gasteiger partial charge in [0.1, 0.15) is 0 Å². The highest BCUT2D eigenvalue weighted by molar-refractivity contribution is 5.93. The number of aliphatic carboxylic acids is 2. The first-order valence-electron chi connectivity index (χ1n) is 3.43. The molecule has 0 saturated heterocycles. The summed E-state index contributed by atoms with van der Waals surface area (Å²) in [5.41, 5.74) is 0. The monoisotopic (exact) mass is 187 g/mol. The first-order chi connectivity index (χ1) is 6.02. The van der Waals surface area contributed by atoms with Gasteiger partial charge in [-0.1, -0.05) is 0 Å². The second-order valence-corrected chi connectivity index (χ2v) is 2.11. The Bertz CT molecular complexity index is 245. The maximum atomic E-state index is 10.7. The number of amides is 1. The third-order valence-electron chi connectivity index (χ3n) is 1.02. The molecule has 0 aromatic heterocycles. The number of carbonyl (C=O) groups is 3. The number of hydrogen-bond donors (Lipinski definition) is 3. The molecule has 0 heterocycles. The smallest absolute Gasteiger partial charge is 0.328 e. The van der Waals surface area contributed by atoms with Gasteiger partial charge in [-0.3, -0.25) is 9.59 Å². The van der Waals surface area contributed by atoms with Crippen LogP contribution in [0.5, 0.6) is 0 Å². The molecule has 0 saturated carbocycles. The summed E-state index contributed by atoms with van der Waals surface area (Å²) in [6, 6.07) is 0. The highest BCUT2D eigenvalue weighted by Gasteiger charge is 1.98. The van der Waals surface area contributed by atoms with E-state index in [2.05, 4.69) is 5.32 Å². The van der Waals surface area contributed by atoms with Crippen LogP contribution in [-0.4, -0.2) is 34.6 Å². The number of nitrogens with one attached hydrogen (secondary N) is 1. The molecule has 0 spiro atoms. The molecular weight excluding hydrogens is 178 g/mol. The van der Waals surface area contributed by atoms with Gasteiger partial charge in [-0.05, 0) is 0 Å². The maximum absolute atomic E-state index is 10.7. The Morgan fingerprint density at radius 2 is 1.77 bits per heavy atom. The van der Waals surface area contributed by atoms with Gasteiger partial charge in [0.25, 0.3) is 0 Å². The molecule has 1 amide bonds. The second-order valence-electron chi connectivity index (χ2n) is 2.11. The van der Waals surface area contributed by atoms with Crippen LogP contribution in [-0.2, 0) is 14.4 Å². The molecule has 13 heavy (non-hydrogen) atoms. The van der Waals surface area contributed by atoms with Crippen molar-refractivity contribution in [1.29, 1.82) is 0 Å². The zero-order valence-corrected chi connectivity index (χ0v) is 6.69. The van der Waals surface area contributed by atoms with Gasteiger partial charge in [0.2, 0.25) is 5.91 Å². The minimum absolute atomic E-state index is 0.0157. The summed E-state index contributed by atoms with van der Waals surface area (Å²) in [4.78, 5) is 30.6. The lowest BCUT2D eigenvalue weighted by atomic mass is 10.4. The molecule has 0 aliphatic rings. The summed E-state index contributed by atoms with van der Waals surface area (Å²) in [5.74, 6) is -2.88. The molecule has 0 aromatic carbocycles. The van der Waals surface area contributed by atoms with Crippen LogP contribution < -0.4 is 5.32 Å². The molecule has 0 aliphatic carbocycles. The molecular formula is C7H9NO5. The fourth-order valence-corrected chi connectivity index (χ4v) is 0.499. The van der Waals surface area contributed by atoms with Crippen molar-refractivity contribution >= 4 is 17.8 Å². The fourth-order valence-electron chi connectivity index (χ4n) is 0.499. The van der Waals surface area contributed by atoms with E-state index in [1.807, 2.05) is 0 Å². The van der Waals surface area contributed by atoms with E-state index >= 15 is 0 Å². The molecule has 0 atom stereocenters. The quantitative estimate of drug-likeness (QED) is 0.490. The molecule has 0 aliphatic heterocycles. The predicted molar refractivity (Wildman–Crippen MR) is 42.0 cm³/mol. The highest BCUT2D eigenvalue weighted by Crippen LogP contribution is 1.78. The zero-order valence-electron chi connectivity index (χ0n) is 6.69. The van der Waals surface area contributed by atoms with Crippen molar-refractivity contribution in [2.24, 2.45) is 0 Å². The summed E-state index contributed by atoms with van der Waals surface area (Å²) in [6.07, 6.45) is 1.31. The van der Waals surface area contributed by atoms with E-state index in [1.165, 1.54) is 0 Å². The summed E-state index contributed by atoms with van der Waals surface area (Å²) in [6.45, 7) is -0.0157. The summed E-state index contributed by atoms with van der Waals surface area (Å²) in [5, 5.41) is 18.5. The first kappa shape index (κ1) is 11.2. The van der Waals surface area contributed by atoms with Crippen molar-refractivity contribution in [3.63, 3.8) is 0 Å². The Labute approximate surface area is 73.9 Å². The first-order valence-corrected chi connectivity index (χ1v) is 3.43. The Hall–Kier alpha value is -1.85. The Kier molecular flexibility index (Phi) is 4.94. The molecule has 72 valence electrons. The van der Waals surface area contributed by atoms with Crippen molar-refractivity contribution in [3.8, 4) is 0 Å². The third-order valence-corrected chi connectivity index (χ3v) is 1.02. The van der Waals surface area contributed by atoms with Crippen molar-refractivity contribution in [1.82, 2.24) is 5.32 Å². The summed E-state index contributed by atoms with van der Waals surface area (Å²) < 4.78 is 0. The number of carboxylic acid groups (broad SMARTS) is 2. The largest absolute Gasteiger partial charge is 0.481 e. The Balaban J connectivity index is 3.64. The normalized spacial score (nSPS) is 9.85. The lowest BCUT2D eigenvalue weighted by Gasteiger charge is -1.96. The van der Waals surface area contributed by atoms with Crippen LogP contribution in [0.1, 0.15) is 6.42 Å². The maximum Gasteiger partial charge on any atom is 0.328 e. The topological polar surface area (TPSA) is 104 Å². The van der Waals surface area contributed by atoms with Gasteiger partial charge in [-0.25, -0.2) is 4.79 Å². The molecule has 6 nitrogen and oxygen atoms in total. The lowest BCUT2D eigenvalue weighted by Crippen LogP contribution is -2.24. The van der Waals surface area contributed by atoms with Crippen LogP contribution in [0.15, 0.2) is 12.2 Å². The van der Waals surface area contributed by atoms with Crippen molar-refractivity contribution in [2.75, 3.05) is 6.54 Å².